The highest BCUT2D eigenvalue weighted by Crippen LogP contribution is 2.80. The first-order chi connectivity index (χ1) is 26.8. The number of rotatable bonds is 13. The molecule has 2 saturated heterocycles. The fourth-order valence-corrected chi connectivity index (χ4v) is 14.6. The zero-order valence-corrected chi connectivity index (χ0v) is 34.1. The standard InChI is InChI=1S/C49H69N3O3/c1-33(2)43-26-38-27-44-40-20-19-34(3)42(40)29-48(38,49(43,44)47(53)54)46-28-41(37-17-11-6-12-18-37)45(55-46)30-50-21-22-52-24-23-51(31-36-15-9-5-10-16-36)32-39(52)25-35-13-7-4-8-14-35/h4-5,7-10,13-16,26,33-34,37-42,44-46,50H,6,11-12,17-25,27-32H2,1-3H3,(H,53,54)/t34-,38?,39?,40-,41+,42-,44?,45+,46-,48?,49-/m1/s1. The molecule has 5 aliphatic carbocycles. The Morgan fingerprint density at radius 3 is 2.38 bits per heavy atom. The molecule has 298 valence electrons. The lowest BCUT2D eigenvalue weighted by atomic mass is 9.46. The van der Waals surface area contributed by atoms with E-state index < -0.39 is 11.4 Å². The van der Waals surface area contributed by atoms with Gasteiger partial charge in [-0.15, -0.1) is 0 Å². The Morgan fingerprint density at radius 1 is 0.909 bits per heavy atom. The first-order valence-electron chi connectivity index (χ1n) is 22.7. The summed E-state index contributed by atoms with van der Waals surface area (Å²) in [4.78, 5) is 19.5. The van der Waals surface area contributed by atoms with E-state index in [1.807, 2.05) is 0 Å². The molecular formula is C49H69N3O3. The molecule has 2 N–H and O–H groups in total. The Labute approximate surface area is 331 Å². The van der Waals surface area contributed by atoms with Crippen LogP contribution in [0.4, 0.5) is 0 Å². The van der Waals surface area contributed by atoms with E-state index >= 15 is 0 Å². The van der Waals surface area contributed by atoms with Gasteiger partial charge < -0.3 is 15.2 Å². The van der Waals surface area contributed by atoms with Crippen LogP contribution in [0.2, 0.25) is 0 Å². The number of piperazine rings is 1. The molecule has 2 aliphatic heterocycles. The van der Waals surface area contributed by atoms with Crippen LogP contribution in [0.3, 0.4) is 0 Å². The number of benzene rings is 2. The van der Waals surface area contributed by atoms with Crippen LogP contribution in [0.15, 0.2) is 72.3 Å². The van der Waals surface area contributed by atoms with Crippen LogP contribution in [0.25, 0.3) is 0 Å². The fourth-order valence-electron chi connectivity index (χ4n) is 14.6. The number of carbonyl (C=O) groups is 1. The third kappa shape index (κ3) is 6.58. The highest BCUT2D eigenvalue weighted by molar-refractivity contribution is 5.84. The summed E-state index contributed by atoms with van der Waals surface area (Å²) in [5.41, 5.74) is 3.03. The van der Waals surface area contributed by atoms with Crippen LogP contribution >= 0.6 is 0 Å². The maximum Gasteiger partial charge on any atom is 0.314 e. The van der Waals surface area contributed by atoms with Gasteiger partial charge >= 0.3 is 5.97 Å². The highest BCUT2D eigenvalue weighted by atomic mass is 16.5. The summed E-state index contributed by atoms with van der Waals surface area (Å²) >= 11 is 0. The summed E-state index contributed by atoms with van der Waals surface area (Å²) in [6.07, 6.45) is 16.1. The predicted octanol–water partition coefficient (Wildman–Crippen LogP) is 8.71. The molecule has 55 heavy (non-hydrogen) atoms. The molecule has 2 aromatic carbocycles. The van der Waals surface area contributed by atoms with Gasteiger partial charge in [-0.25, -0.2) is 0 Å². The van der Waals surface area contributed by atoms with Crippen LogP contribution in [0.5, 0.6) is 0 Å². The van der Waals surface area contributed by atoms with E-state index in [4.69, 9.17) is 4.74 Å². The maximum atomic E-state index is 14.1. The van der Waals surface area contributed by atoms with Crippen LogP contribution in [0.1, 0.15) is 96.1 Å². The minimum absolute atomic E-state index is 0.0338. The summed E-state index contributed by atoms with van der Waals surface area (Å²) in [5.74, 6) is 3.47. The third-order valence-electron chi connectivity index (χ3n) is 16.9. The number of nitrogens with zero attached hydrogens (tertiary/aromatic N) is 2. The maximum absolute atomic E-state index is 14.1. The number of hydrogen-bond donors (Lipinski definition) is 2. The molecule has 0 radical (unpaired) electrons. The summed E-state index contributed by atoms with van der Waals surface area (Å²) < 4.78 is 7.54. The Balaban J connectivity index is 0.918. The van der Waals surface area contributed by atoms with E-state index in [1.165, 1.54) is 61.6 Å². The first kappa shape index (κ1) is 38.0. The molecule has 0 aromatic heterocycles. The Kier molecular flexibility index (Phi) is 10.8. The topological polar surface area (TPSA) is 65.0 Å². The smallest absolute Gasteiger partial charge is 0.314 e. The molecule has 2 heterocycles. The van der Waals surface area contributed by atoms with Crippen LogP contribution in [-0.2, 0) is 22.5 Å². The van der Waals surface area contributed by atoms with E-state index in [0.29, 0.717) is 41.5 Å². The van der Waals surface area contributed by atoms with E-state index in [2.05, 4.69) is 103 Å². The number of nitrogens with one attached hydrogen (secondary N) is 1. The second kappa shape index (κ2) is 15.7. The van der Waals surface area contributed by atoms with Gasteiger partial charge in [0.05, 0.1) is 12.2 Å². The number of carboxylic acids is 1. The lowest BCUT2D eigenvalue weighted by molar-refractivity contribution is -0.182. The molecule has 0 amide bonds. The third-order valence-corrected chi connectivity index (χ3v) is 16.9. The monoisotopic (exact) mass is 748 g/mol. The Morgan fingerprint density at radius 2 is 1.65 bits per heavy atom. The largest absolute Gasteiger partial charge is 0.481 e. The molecule has 4 saturated carbocycles. The van der Waals surface area contributed by atoms with E-state index in [1.54, 1.807) is 0 Å². The number of carboxylic acid groups (broad SMARTS) is 1. The van der Waals surface area contributed by atoms with Crippen molar-refractivity contribution in [3.05, 3.63) is 83.4 Å². The van der Waals surface area contributed by atoms with Crippen molar-refractivity contribution >= 4 is 5.97 Å². The van der Waals surface area contributed by atoms with Crippen molar-refractivity contribution < 1.29 is 14.6 Å². The van der Waals surface area contributed by atoms with Gasteiger partial charge in [0.1, 0.15) is 5.41 Å². The van der Waals surface area contributed by atoms with Crippen molar-refractivity contribution in [2.75, 3.05) is 39.3 Å². The van der Waals surface area contributed by atoms with Crippen LogP contribution < -0.4 is 5.32 Å². The fraction of sp³-hybridized carbons (Fsp3) is 0.694. The van der Waals surface area contributed by atoms with Crippen molar-refractivity contribution in [3.63, 3.8) is 0 Å². The molecule has 0 spiro atoms. The van der Waals surface area contributed by atoms with Gasteiger partial charge in [0.15, 0.2) is 0 Å². The molecule has 2 aromatic rings. The minimum atomic E-state index is -0.752. The quantitative estimate of drug-likeness (QED) is 0.158. The van der Waals surface area contributed by atoms with Gasteiger partial charge in [0.2, 0.25) is 0 Å². The van der Waals surface area contributed by atoms with Gasteiger partial charge in [0.25, 0.3) is 0 Å². The molecule has 4 unspecified atom stereocenters. The number of hydrogen-bond acceptors (Lipinski definition) is 5. The zero-order chi connectivity index (χ0) is 37.7. The van der Waals surface area contributed by atoms with Gasteiger partial charge in [-0.3, -0.25) is 14.6 Å². The molecule has 6 fully saturated rings. The van der Waals surface area contributed by atoms with Crippen LogP contribution in [0, 0.1) is 58.2 Å². The molecule has 7 aliphatic rings. The molecular weight excluding hydrogens is 679 g/mol. The zero-order valence-electron chi connectivity index (χ0n) is 34.1. The van der Waals surface area contributed by atoms with Crippen molar-refractivity contribution in [3.8, 4) is 0 Å². The SMILES string of the molecule is CC(C)C1=CC2CC3[C@@H]4CC[C@@H](C)[C@H]4CC2([C@H]2C[C@@H](C4CCCCC4)[C@H](CNCCN4CCN(Cc5ccccc5)CC4Cc4ccccc4)O2)[C@]13C(=O)O. The van der Waals surface area contributed by atoms with Gasteiger partial charge in [-0.1, -0.05) is 132 Å². The average molecular weight is 748 g/mol. The lowest BCUT2D eigenvalue weighted by Crippen LogP contribution is -2.60. The lowest BCUT2D eigenvalue weighted by Gasteiger charge is -2.56. The van der Waals surface area contributed by atoms with E-state index in [0.717, 1.165) is 71.5 Å². The number of ether oxygens (including phenoxy) is 1. The van der Waals surface area contributed by atoms with E-state index in [-0.39, 0.29) is 29.5 Å². The van der Waals surface area contributed by atoms with E-state index in [9.17, 15) is 9.90 Å². The van der Waals surface area contributed by atoms with Crippen molar-refractivity contribution in [1.82, 2.24) is 15.1 Å². The van der Waals surface area contributed by atoms with Gasteiger partial charge in [-0.2, -0.15) is 0 Å². The summed E-state index contributed by atoms with van der Waals surface area (Å²) in [6, 6.07) is 22.5. The van der Waals surface area contributed by atoms with Gasteiger partial charge in [0, 0.05) is 57.3 Å². The second-order valence-electron chi connectivity index (χ2n) is 19.7. The number of aliphatic carboxylic acids is 1. The van der Waals surface area contributed by atoms with Crippen molar-refractivity contribution in [2.45, 2.75) is 116 Å². The van der Waals surface area contributed by atoms with Crippen molar-refractivity contribution in [2.24, 2.45) is 58.2 Å². The summed E-state index contributed by atoms with van der Waals surface area (Å²) in [5, 5.41) is 15.6. The molecule has 4 bridgehead atoms. The Bertz CT molecular complexity index is 1660. The number of fused-ring (bicyclic) bond motifs is 2. The van der Waals surface area contributed by atoms with Crippen molar-refractivity contribution in [1.29, 1.82) is 0 Å². The normalized spacial score (nSPS) is 39.1. The highest BCUT2D eigenvalue weighted by Gasteiger charge is 2.80. The summed E-state index contributed by atoms with van der Waals surface area (Å²) in [7, 11) is 0. The molecule has 11 atom stereocenters. The second-order valence-corrected chi connectivity index (χ2v) is 19.7. The summed E-state index contributed by atoms with van der Waals surface area (Å²) in [6.45, 7) is 14.2. The minimum Gasteiger partial charge on any atom is -0.481 e. The molecule has 6 nitrogen and oxygen atoms in total. The predicted molar refractivity (Wildman–Crippen MR) is 220 cm³/mol. The van der Waals surface area contributed by atoms with Gasteiger partial charge in [-0.05, 0) is 90.6 Å². The van der Waals surface area contributed by atoms with Crippen LogP contribution in [-0.4, -0.2) is 78.4 Å². The Hall–Kier alpha value is -2.51. The number of allylic oxidation sites excluding steroid dienone is 1. The molecule has 9 rings (SSSR count). The first-order valence-corrected chi connectivity index (χ1v) is 22.7. The average Bonchev–Trinajstić information content (AvgIpc) is 3.92. The molecule has 6 heteroatoms.